The maximum atomic E-state index is 9.22. The van der Waals surface area contributed by atoms with Crippen molar-refractivity contribution in [3.63, 3.8) is 0 Å². The van der Waals surface area contributed by atoms with Crippen molar-refractivity contribution in [3.05, 3.63) is 18.0 Å². The number of aliphatic hydroxyl groups is 1. The summed E-state index contributed by atoms with van der Waals surface area (Å²) in [6, 6.07) is 0. The van der Waals surface area contributed by atoms with Crippen LogP contribution in [0.5, 0.6) is 0 Å². The summed E-state index contributed by atoms with van der Waals surface area (Å²) in [7, 11) is 0. The molecule has 13 heavy (non-hydrogen) atoms. The monoisotopic (exact) mass is 182 g/mol. The Morgan fingerprint density at radius 3 is 2.69 bits per heavy atom. The fraction of sp³-hybridized carbons (Fsp3) is 0.700. The van der Waals surface area contributed by atoms with Crippen molar-refractivity contribution in [2.75, 3.05) is 0 Å². The minimum absolute atomic E-state index is 0.236. The van der Waals surface area contributed by atoms with E-state index in [2.05, 4.69) is 18.9 Å². The quantitative estimate of drug-likeness (QED) is 0.770. The zero-order chi connectivity index (χ0) is 9.84. The van der Waals surface area contributed by atoms with Crippen molar-refractivity contribution in [2.24, 2.45) is 0 Å². The van der Waals surface area contributed by atoms with Gasteiger partial charge in [-0.05, 0) is 31.7 Å². The predicted molar refractivity (Wildman–Crippen MR) is 52.6 cm³/mol. The van der Waals surface area contributed by atoms with E-state index in [-0.39, 0.29) is 6.10 Å². The van der Waals surface area contributed by atoms with E-state index in [1.54, 1.807) is 0 Å². The van der Waals surface area contributed by atoms with E-state index in [1.165, 1.54) is 5.56 Å². The zero-order valence-corrected chi connectivity index (χ0v) is 8.57. The van der Waals surface area contributed by atoms with Crippen LogP contribution in [0.3, 0.4) is 0 Å². The third kappa shape index (κ3) is 2.84. The van der Waals surface area contributed by atoms with Crippen LogP contribution < -0.4 is 0 Å². The minimum Gasteiger partial charge on any atom is -0.393 e. The first kappa shape index (κ1) is 10.3. The Morgan fingerprint density at radius 2 is 2.23 bits per heavy atom. The number of nitrogens with zero attached hydrogens (tertiary/aromatic N) is 2. The molecule has 0 bridgehead atoms. The van der Waals surface area contributed by atoms with Crippen LogP contribution in [0.15, 0.2) is 12.4 Å². The first-order valence-corrected chi connectivity index (χ1v) is 4.84. The highest BCUT2D eigenvalue weighted by Gasteiger charge is 2.10. The van der Waals surface area contributed by atoms with Crippen LogP contribution in [0, 0.1) is 0 Å². The van der Waals surface area contributed by atoms with E-state index in [4.69, 9.17) is 0 Å². The lowest BCUT2D eigenvalue weighted by molar-refractivity contribution is 0.176. The smallest absolute Gasteiger partial charge is 0.0524 e. The third-order valence-corrected chi connectivity index (χ3v) is 2.24. The van der Waals surface area contributed by atoms with Gasteiger partial charge in [-0.1, -0.05) is 6.92 Å². The molecule has 0 aromatic carbocycles. The average Bonchev–Trinajstić information content (AvgIpc) is 2.50. The Hall–Kier alpha value is -0.830. The number of rotatable bonds is 4. The maximum absolute atomic E-state index is 9.22. The molecule has 1 heterocycles. The van der Waals surface area contributed by atoms with Gasteiger partial charge in [-0.3, -0.25) is 4.68 Å². The fourth-order valence-corrected chi connectivity index (χ4v) is 1.45. The molecule has 1 rings (SSSR count). The highest BCUT2D eigenvalue weighted by molar-refractivity contribution is 5.10. The van der Waals surface area contributed by atoms with E-state index < -0.39 is 0 Å². The summed E-state index contributed by atoms with van der Waals surface area (Å²) in [5.74, 6) is 0.389. The van der Waals surface area contributed by atoms with Gasteiger partial charge in [-0.15, -0.1) is 0 Å². The van der Waals surface area contributed by atoms with E-state index in [1.807, 2.05) is 24.0 Å². The molecule has 1 aromatic heterocycles. The van der Waals surface area contributed by atoms with Crippen LogP contribution in [-0.4, -0.2) is 21.0 Å². The SMILES string of the molecule is CCn1cc(C(C)CC(C)O)cn1. The van der Waals surface area contributed by atoms with E-state index in [0.29, 0.717) is 5.92 Å². The van der Waals surface area contributed by atoms with Gasteiger partial charge in [0.1, 0.15) is 0 Å². The van der Waals surface area contributed by atoms with E-state index >= 15 is 0 Å². The van der Waals surface area contributed by atoms with Crippen LogP contribution in [0.1, 0.15) is 38.7 Å². The van der Waals surface area contributed by atoms with Crippen molar-refractivity contribution >= 4 is 0 Å². The van der Waals surface area contributed by atoms with E-state index in [0.717, 1.165) is 13.0 Å². The first-order valence-electron chi connectivity index (χ1n) is 4.84. The van der Waals surface area contributed by atoms with Gasteiger partial charge < -0.3 is 5.11 Å². The average molecular weight is 182 g/mol. The van der Waals surface area contributed by atoms with Gasteiger partial charge in [-0.25, -0.2) is 0 Å². The lowest BCUT2D eigenvalue weighted by Gasteiger charge is -2.10. The largest absolute Gasteiger partial charge is 0.393 e. The fourth-order valence-electron chi connectivity index (χ4n) is 1.45. The molecule has 3 nitrogen and oxygen atoms in total. The van der Waals surface area contributed by atoms with Gasteiger partial charge >= 0.3 is 0 Å². The Balaban J connectivity index is 2.60. The molecule has 0 aliphatic rings. The molecular formula is C10H18N2O. The Kier molecular flexibility index (Phi) is 3.48. The normalized spacial score (nSPS) is 15.7. The molecule has 2 atom stereocenters. The maximum Gasteiger partial charge on any atom is 0.0524 e. The number of hydrogen-bond donors (Lipinski definition) is 1. The number of aliphatic hydroxyl groups excluding tert-OH is 1. The molecule has 0 saturated heterocycles. The van der Waals surface area contributed by atoms with Crippen LogP contribution in [0.25, 0.3) is 0 Å². The topological polar surface area (TPSA) is 38.0 Å². The molecule has 0 aliphatic carbocycles. The van der Waals surface area contributed by atoms with Crippen LogP contribution in [0.4, 0.5) is 0 Å². The van der Waals surface area contributed by atoms with Crippen LogP contribution in [0.2, 0.25) is 0 Å². The molecule has 0 saturated carbocycles. The summed E-state index contributed by atoms with van der Waals surface area (Å²) in [5.41, 5.74) is 1.21. The Morgan fingerprint density at radius 1 is 1.54 bits per heavy atom. The van der Waals surface area contributed by atoms with Crippen LogP contribution in [-0.2, 0) is 6.54 Å². The number of hydrogen-bond acceptors (Lipinski definition) is 2. The minimum atomic E-state index is -0.236. The molecule has 1 aromatic rings. The molecule has 1 N–H and O–H groups in total. The molecule has 0 radical (unpaired) electrons. The molecule has 0 aliphatic heterocycles. The second-order valence-corrected chi connectivity index (χ2v) is 3.62. The summed E-state index contributed by atoms with van der Waals surface area (Å²) in [6.45, 7) is 6.90. The van der Waals surface area contributed by atoms with Gasteiger partial charge in [-0.2, -0.15) is 5.10 Å². The summed E-state index contributed by atoms with van der Waals surface area (Å²) < 4.78 is 1.91. The Labute approximate surface area is 79.4 Å². The number of aryl methyl sites for hydroxylation is 1. The zero-order valence-electron chi connectivity index (χ0n) is 8.57. The Bertz CT molecular complexity index is 255. The van der Waals surface area contributed by atoms with Crippen molar-refractivity contribution in [2.45, 2.75) is 45.8 Å². The highest BCUT2D eigenvalue weighted by Crippen LogP contribution is 2.19. The first-order chi connectivity index (χ1) is 6.13. The van der Waals surface area contributed by atoms with Gasteiger partial charge in [0, 0.05) is 12.7 Å². The molecular weight excluding hydrogens is 164 g/mol. The van der Waals surface area contributed by atoms with Gasteiger partial charge in [0.2, 0.25) is 0 Å². The van der Waals surface area contributed by atoms with Crippen molar-refractivity contribution in [1.82, 2.24) is 9.78 Å². The summed E-state index contributed by atoms with van der Waals surface area (Å²) >= 11 is 0. The molecule has 0 amide bonds. The summed E-state index contributed by atoms with van der Waals surface area (Å²) in [5, 5.41) is 13.4. The van der Waals surface area contributed by atoms with E-state index in [9.17, 15) is 5.11 Å². The third-order valence-electron chi connectivity index (χ3n) is 2.24. The summed E-state index contributed by atoms with van der Waals surface area (Å²) in [6.07, 6.45) is 4.50. The summed E-state index contributed by atoms with van der Waals surface area (Å²) in [4.78, 5) is 0. The molecule has 74 valence electrons. The van der Waals surface area contributed by atoms with Crippen molar-refractivity contribution in [1.29, 1.82) is 0 Å². The van der Waals surface area contributed by atoms with Crippen molar-refractivity contribution < 1.29 is 5.11 Å². The van der Waals surface area contributed by atoms with Crippen LogP contribution >= 0.6 is 0 Å². The number of aromatic nitrogens is 2. The predicted octanol–water partition coefficient (Wildman–Crippen LogP) is 1.78. The highest BCUT2D eigenvalue weighted by atomic mass is 16.3. The molecule has 3 heteroatoms. The standard InChI is InChI=1S/C10H18N2O/c1-4-12-7-10(6-11-12)8(2)5-9(3)13/h6-9,13H,4-5H2,1-3H3. The van der Waals surface area contributed by atoms with Gasteiger partial charge in [0.15, 0.2) is 0 Å². The van der Waals surface area contributed by atoms with Gasteiger partial charge in [0.25, 0.3) is 0 Å². The molecule has 0 spiro atoms. The van der Waals surface area contributed by atoms with Crippen molar-refractivity contribution in [3.8, 4) is 0 Å². The molecule has 2 unspecified atom stereocenters. The molecule has 0 fully saturated rings. The second kappa shape index (κ2) is 4.42. The lowest BCUT2D eigenvalue weighted by atomic mass is 9.99. The second-order valence-electron chi connectivity index (χ2n) is 3.62. The lowest BCUT2D eigenvalue weighted by Crippen LogP contribution is -2.05. The van der Waals surface area contributed by atoms with Gasteiger partial charge in [0.05, 0.1) is 12.3 Å².